The molecule has 0 spiro atoms. The second-order valence-electron chi connectivity index (χ2n) is 8.11. The Morgan fingerprint density at radius 1 is 1.46 bits per heavy atom. The third kappa shape index (κ3) is 3.34. The van der Waals surface area contributed by atoms with Gasteiger partial charge >= 0.3 is 0 Å². The molecule has 1 aromatic heterocycles. The van der Waals surface area contributed by atoms with Crippen molar-refractivity contribution in [3.63, 3.8) is 0 Å². The Bertz CT molecular complexity index is 656. The summed E-state index contributed by atoms with van der Waals surface area (Å²) in [7, 11) is 3.74. The number of aliphatic imine (C=N–C) groups is 1. The van der Waals surface area contributed by atoms with Crippen LogP contribution >= 0.6 is 0 Å². The molecule has 2 fully saturated rings. The van der Waals surface area contributed by atoms with Gasteiger partial charge in [0.05, 0.1) is 24.9 Å². The van der Waals surface area contributed by atoms with Crippen LogP contribution in [0.4, 0.5) is 0 Å². The molecule has 7 nitrogen and oxygen atoms in total. The highest BCUT2D eigenvalue weighted by atomic mass is 16.5. The van der Waals surface area contributed by atoms with Crippen molar-refractivity contribution >= 4 is 5.96 Å². The van der Waals surface area contributed by atoms with Crippen LogP contribution < -0.4 is 5.32 Å². The molecule has 1 saturated carbocycles. The number of aryl methyl sites for hydroxylation is 1. The van der Waals surface area contributed by atoms with Crippen LogP contribution in [0.3, 0.4) is 0 Å². The molecule has 26 heavy (non-hydrogen) atoms. The molecule has 1 aliphatic carbocycles. The Balaban J connectivity index is 1.69. The second kappa shape index (κ2) is 7.19. The number of rotatable bonds is 4. The van der Waals surface area contributed by atoms with Crippen LogP contribution in [0.2, 0.25) is 0 Å². The topological polar surface area (TPSA) is 63.9 Å². The Morgan fingerprint density at radius 2 is 2.23 bits per heavy atom. The summed E-state index contributed by atoms with van der Waals surface area (Å²) < 4.78 is 13.6. The van der Waals surface area contributed by atoms with E-state index >= 15 is 0 Å². The Morgan fingerprint density at radius 3 is 2.81 bits per heavy atom. The van der Waals surface area contributed by atoms with Gasteiger partial charge in [-0.2, -0.15) is 5.10 Å². The van der Waals surface area contributed by atoms with Crippen molar-refractivity contribution in [2.45, 2.75) is 51.9 Å². The van der Waals surface area contributed by atoms with Gasteiger partial charge < -0.3 is 19.7 Å². The summed E-state index contributed by atoms with van der Waals surface area (Å²) in [6.45, 7) is 11.9. The third-order valence-corrected chi connectivity index (χ3v) is 6.35. The number of guanidine groups is 1. The molecule has 0 radical (unpaired) electrons. The van der Waals surface area contributed by atoms with E-state index < -0.39 is 0 Å². The van der Waals surface area contributed by atoms with Gasteiger partial charge in [0.1, 0.15) is 6.10 Å². The molecule has 1 saturated heterocycles. The molecule has 0 amide bonds. The van der Waals surface area contributed by atoms with E-state index in [1.54, 1.807) is 7.11 Å². The predicted octanol–water partition coefficient (Wildman–Crippen LogP) is 1.96. The molecule has 146 valence electrons. The number of hydrogen-bond donors (Lipinski definition) is 1. The van der Waals surface area contributed by atoms with Crippen molar-refractivity contribution in [2.24, 2.45) is 17.5 Å². The van der Waals surface area contributed by atoms with E-state index in [-0.39, 0.29) is 17.1 Å². The number of methoxy groups -OCH3 is 1. The standard InChI is InChI=1S/C19H33N5O2/c1-7-20-17(22-16-10-19(4,25-6)18(16,2)3)24-8-9-26-15(13-24)14-11-21-23(5)12-14/h11-12,15-16H,7-10,13H2,1-6H3,(H,20,22). The predicted molar refractivity (Wildman–Crippen MR) is 102 cm³/mol. The van der Waals surface area contributed by atoms with Crippen molar-refractivity contribution in [1.29, 1.82) is 0 Å². The zero-order valence-electron chi connectivity index (χ0n) is 17.0. The van der Waals surface area contributed by atoms with Crippen LogP contribution in [0, 0.1) is 5.41 Å². The number of ether oxygens (including phenoxy) is 2. The zero-order valence-corrected chi connectivity index (χ0v) is 17.0. The minimum atomic E-state index is -0.0920. The highest BCUT2D eigenvalue weighted by molar-refractivity contribution is 5.80. The van der Waals surface area contributed by atoms with Crippen LogP contribution in [0.25, 0.3) is 0 Å². The maximum Gasteiger partial charge on any atom is 0.194 e. The lowest BCUT2D eigenvalue weighted by molar-refractivity contribution is -0.177. The smallest absolute Gasteiger partial charge is 0.194 e. The van der Waals surface area contributed by atoms with Crippen molar-refractivity contribution in [1.82, 2.24) is 20.0 Å². The van der Waals surface area contributed by atoms with Crippen LogP contribution in [0.1, 0.15) is 45.8 Å². The summed E-state index contributed by atoms with van der Waals surface area (Å²) in [6, 6.07) is 0.345. The first-order valence-corrected chi connectivity index (χ1v) is 9.52. The van der Waals surface area contributed by atoms with Gasteiger partial charge in [-0.05, 0) is 20.3 Å². The summed E-state index contributed by atoms with van der Waals surface area (Å²) in [5.74, 6) is 0.973. The fraction of sp³-hybridized carbons (Fsp3) is 0.789. The maximum absolute atomic E-state index is 5.97. The minimum absolute atomic E-state index is 0.0277. The Kier molecular flexibility index (Phi) is 5.30. The van der Waals surface area contributed by atoms with E-state index in [2.05, 4.69) is 43.0 Å². The average molecular weight is 364 g/mol. The molecule has 3 rings (SSSR count). The van der Waals surface area contributed by atoms with Crippen LogP contribution in [-0.4, -0.2) is 65.6 Å². The maximum atomic E-state index is 5.97. The highest BCUT2D eigenvalue weighted by Gasteiger charge is 2.58. The molecule has 2 aliphatic rings. The Labute approximate surface area is 156 Å². The van der Waals surface area contributed by atoms with E-state index in [0.717, 1.165) is 37.6 Å². The van der Waals surface area contributed by atoms with Gasteiger partial charge in [-0.1, -0.05) is 13.8 Å². The molecular weight excluding hydrogens is 330 g/mol. The minimum Gasteiger partial charge on any atom is -0.378 e. The van der Waals surface area contributed by atoms with Crippen LogP contribution in [-0.2, 0) is 16.5 Å². The number of nitrogens with zero attached hydrogens (tertiary/aromatic N) is 4. The van der Waals surface area contributed by atoms with Gasteiger partial charge in [0, 0.05) is 50.5 Å². The molecular formula is C19H33N5O2. The molecule has 3 atom stereocenters. The molecule has 0 aromatic carbocycles. The van der Waals surface area contributed by atoms with Gasteiger partial charge in [-0.15, -0.1) is 0 Å². The third-order valence-electron chi connectivity index (χ3n) is 6.35. The molecule has 1 aliphatic heterocycles. The zero-order chi connectivity index (χ0) is 18.9. The molecule has 1 N–H and O–H groups in total. The lowest BCUT2D eigenvalue weighted by atomic mass is 9.56. The van der Waals surface area contributed by atoms with Crippen LogP contribution in [0.5, 0.6) is 0 Å². The lowest BCUT2D eigenvalue weighted by Crippen LogP contribution is -2.70. The lowest BCUT2D eigenvalue weighted by Gasteiger charge is -2.59. The number of morpholine rings is 1. The summed E-state index contributed by atoms with van der Waals surface area (Å²) in [6.07, 6.45) is 4.92. The first-order valence-electron chi connectivity index (χ1n) is 9.52. The fourth-order valence-electron chi connectivity index (χ4n) is 3.92. The second-order valence-corrected chi connectivity index (χ2v) is 8.11. The molecule has 7 heteroatoms. The van der Waals surface area contributed by atoms with Crippen molar-refractivity contribution in [2.75, 3.05) is 33.4 Å². The molecule has 2 heterocycles. The van der Waals surface area contributed by atoms with Gasteiger partial charge in [0.25, 0.3) is 0 Å². The number of aromatic nitrogens is 2. The molecule has 1 aromatic rings. The number of nitrogens with one attached hydrogen (secondary N) is 1. The summed E-state index contributed by atoms with van der Waals surface area (Å²) in [4.78, 5) is 7.07. The fourth-order valence-corrected chi connectivity index (χ4v) is 3.92. The van der Waals surface area contributed by atoms with E-state index in [1.807, 2.05) is 24.1 Å². The summed E-state index contributed by atoms with van der Waals surface area (Å²) in [5, 5.41) is 7.97. The SMILES string of the molecule is CCN=C(NC1CC(C)(OC)C1(C)C)N1CCOC(c2cnn(C)c2)C1. The summed E-state index contributed by atoms with van der Waals surface area (Å²) in [5.41, 5.74) is 1.07. The van der Waals surface area contributed by atoms with Gasteiger partial charge in [0.15, 0.2) is 5.96 Å². The number of hydrogen-bond acceptors (Lipinski definition) is 4. The van der Waals surface area contributed by atoms with Crippen LogP contribution in [0.15, 0.2) is 17.4 Å². The van der Waals surface area contributed by atoms with E-state index in [9.17, 15) is 0 Å². The quantitative estimate of drug-likeness (QED) is 0.654. The van der Waals surface area contributed by atoms with Gasteiger partial charge in [-0.25, -0.2) is 0 Å². The molecule has 0 bridgehead atoms. The van der Waals surface area contributed by atoms with Crippen molar-refractivity contribution in [3.8, 4) is 0 Å². The first kappa shape index (κ1) is 19.2. The van der Waals surface area contributed by atoms with Crippen molar-refractivity contribution < 1.29 is 9.47 Å². The Hall–Kier alpha value is -1.60. The molecule has 3 unspecified atom stereocenters. The first-order chi connectivity index (χ1) is 12.3. The van der Waals surface area contributed by atoms with Crippen molar-refractivity contribution in [3.05, 3.63) is 18.0 Å². The average Bonchev–Trinajstić information content (AvgIpc) is 3.07. The summed E-state index contributed by atoms with van der Waals surface area (Å²) >= 11 is 0. The van der Waals surface area contributed by atoms with E-state index in [4.69, 9.17) is 14.5 Å². The van der Waals surface area contributed by atoms with Gasteiger partial charge in [0.2, 0.25) is 0 Å². The van der Waals surface area contributed by atoms with E-state index in [1.165, 1.54) is 0 Å². The monoisotopic (exact) mass is 363 g/mol. The highest BCUT2D eigenvalue weighted by Crippen LogP contribution is 2.51. The van der Waals surface area contributed by atoms with Gasteiger partial charge in [-0.3, -0.25) is 9.67 Å². The van der Waals surface area contributed by atoms with E-state index in [0.29, 0.717) is 12.6 Å². The largest absolute Gasteiger partial charge is 0.378 e. The normalized spacial score (nSPS) is 31.6.